The molecule has 34 heavy (non-hydrogen) atoms. The maximum absolute atomic E-state index is 12.7. The first-order valence-corrected chi connectivity index (χ1v) is 13.2. The van der Waals surface area contributed by atoms with Crippen LogP contribution < -0.4 is 66.4 Å². The maximum atomic E-state index is 12.7. The molecule has 0 radical (unpaired) electrons. The van der Waals surface area contributed by atoms with Crippen molar-refractivity contribution in [3.63, 3.8) is 0 Å². The molecule has 1 amide bonds. The molecule has 2 atom stereocenters. The third-order valence-corrected chi connectivity index (χ3v) is 5.76. The summed E-state index contributed by atoms with van der Waals surface area (Å²) in [4.78, 5) is 12.4. The van der Waals surface area contributed by atoms with E-state index in [-0.39, 0.29) is 76.5 Å². The summed E-state index contributed by atoms with van der Waals surface area (Å²) < 4.78 is 7.43. The maximum Gasteiger partial charge on any atom is 1.00 e. The van der Waals surface area contributed by atoms with Crippen molar-refractivity contribution in [3.8, 4) is 0 Å². The Balaban J connectivity index is 0.0000109. The van der Waals surface area contributed by atoms with Crippen molar-refractivity contribution in [2.24, 2.45) is 0 Å². The molecule has 0 aliphatic heterocycles. The number of ether oxygens (including phenoxy) is 1. The Morgan fingerprint density at radius 2 is 1.50 bits per heavy atom. The number of hydrogen-bond donors (Lipinski definition) is 1. The summed E-state index contributed by atoms with van der Waals surface area (Å²) in [5, 5.41) is 15.6. The normalized spacial score (nSPS) is 13.1. The second-order valence-corrected chi connectivity index (χ2v) is 9.32. The fourth-order valence-electron chi connectivity index (χ4n) is 3.76. The van der Waals surface area contributed by atoms with Gasteiger partial charge in [-0.2, -0.15) is 4.57 Å². The number of amides is 1. The Bertz CT molecular complexity index is 625. The molecule has 0 spiro atoms. The van der Waals surface area contributed by atoms with Crippen LogP contribution in [0.15, 0.2) is 42.7 Å². The molecule has 0 unspecified atom stereocenters. The van der Waals surface area contributed by atoms with Gasteiger partial charge in [0.2, 0.25) is 6.54 Å². The van der Waals surface area contributed by atoms with Gasteiger partial charge in [-0.25, -0.2) is 0 Å². The van der Waals surface area contributed by atoms with E-state index in [1.165, 1.54) is 64.2 Å². The zero-order chi connectivity index (χ0) is 24.2. The van der Waals surface area contributed by atoms with Crippen LogP contribution in [-0.2, 0) is 16.1 Å². The van der Waals surface area contributed by atoms with Crippen LogP contribution in [0.25, 0.3) is 0 Å². The molecule has 0 saturated carbocycles. The Morgan fingerprint density at radius 3 is 2.06 bits per heavy atom. The number of carbonyl (C=O) groups is 1. The first-order valence-electron chi connectivity index (χ1n) is 13.2. The Morgan fingerprint density at radius 1 is 0.941 bits per heavy atom. The summed E-state index contributed by atoms with van der Waals surface area (Å²) in [5.41, 5.74) is 0. The first kappa shape index (κ1) is 33.9. The molecule has 6 heteroatoms. The second kappa shape index (κ2) is 23.3. The molecule has 1 aromatic rings. The topological polar surface area (TPSA) is 65.3 Å². The molecule has 1 N–H and O–H groups in total. The molecule has 0 aromatic carbocycles. The number of nitrogens with one attached hydrogen (secondary N) is 1. The zero-order valence-corrected chi connectivity index (χ0v) is 25.5. The largest absolute Gasteiger partial charge is 1.00 e. The van der Waals surface area contributed by atoms with Crippen LogP contribution in [0.4, 0.5) is 0 Å². The Labute approximate surface area is 251 Å². The van der Waals surface area contributed by atoms with Crippen LogP contribution in [0, 0.1) is 0 Å². The monoisotopic (exact) mass is 499 g/mol. The average molecular weight is 500 g/mol. The third kappa shape index (κ3) is 19.1. The van der Waals surface area contributed by atoms with Crippen LogP contribution in [0.2, 0.25) is 0 Å². The molecular weight excluding hydrogens is 451 g/mol. The quantitative estimate of drug-likeness (QED) is 0.129. The van der Waals surface area contributed by atoms with Gasteiger partial charge in [0.05, 0.1) is 12.7 Å². The molecule has 188 valence electrons. The fraction of sp³-hybridized carbons (Fsp3) is 0.714. The average Bonchev–Trinajstić information content (AvgIpc) is 2.80. The van der Waals surface area contributed by atoms with Crippen molar-refractivity contribution in [1.29, 1.82) is 0 Å². The fourth-order valence-corrected chi connectivity index (χ4v) is 3.76. The number of pyridine rings is 1. The summed E-state index contributed by atoms with van der Waals surface area (Å²) in [6.45, 7) is 6.53. The number of allylic oxidation sites excluding steroid dienone is 1. The first-order chi connectivity index (χ1) is 16.0. The van der Waals surface area contributed by atoms with Crippen LogP contribution >= 0.6 is 0 Å². The number of carbonyl (C=O) groups excluding carboxylic acids is 1. The van der Waals surface area contributed by atoms with E-state index in [0.29, 0.717) is 0 Å². The molecule has 0 saturated heterocycles. The number of hydrogen-bond acceptors (Lipinski definition) is 3. The molecule has 0 aliphatic carbocycles. The summed E-state index contributed by atoms with van der Waals surface area (Å²) >= 11 is 0. The van der Waals surface area contributed by atoms with Crippen molar-refractivity contribution in [1.82, 2.24) is 5.32 Å². The standard InChI is InChI=1S/C28H48N2O3.K/c1-4-5-6-7-8-9-10-11-12-13-14-15-17-20-27(31)26(24-33-25(2)3)29-28(32)23-30-21-18-16-19-22-30;/h16-22,25-27H,4-15,23-24H2,1-3H3,(H,29,32);/q;+1/b20-17+;/t26-,27-;/m0./s1. The van der Waals surface area contributed by atoms with Crippen LogP contribution in [0.3, 0.4) is 0 Å². The van der Waals surface area contributed by atoms with Gasteiger partial charge in [-0.15, -0.1) is 6.08 Å². The summed E-state index contributed by atoms with van der Waals surface area (Å²) in [7, 11) is 0. The third-order valence-electron chi connectivity index (χ3n) is 5.76. The van der Waals surface area contributed by atoms with Crippen LogP contribution in [-0.4, -0.2) is 30.8 Å². The van der Waals surface area contributed by atoms with Gasteiger partial charge in [0, 0.05) is 18.2 Å². The van der Waals surface area contributed by atoms with Gasteiger partial charge in [0.15, 0.2) is 12.4 Å². The number of unbranched alkanes of at least 4 members (excludes halogenated alkanes) is 11. The predicted molar refractivity (Wildman–Crippen MR) is 134 cm³/mol. The van der Waals surface area contributed by atoms with Gasteiger partial charge in [-0.1, -0.05) is 89.4 Å². The smallest absolute Gasteiger partial charge is 0.847 e. The number of aromatic nitrogens is 1. The van der Waals surface area contributed by atoms with Crippen LogP contribution in [0.5, 0.6) is 0 Å². The number of rotatable bonds is 20. The van der Waals surface area contributed by atoms with Crippen molar-refractivity contribution < 1.29 is 70.6 Å². The molecule has 1 rings (SSSR count). The minimum absolute atomic E-state index is 0. The van der Waals surface area contributed by atoms with Gasteiger partial charge in [-0.3, -0.25) is 4.79 Å². The molecule has 0 bridgehead atoms. The van der Waals surface area contributed by atoms with Gasteiger partial charge in [0.1, 0.15) is 0 Å². The molecule has 5 nitrogen and oxygen atoms in total. The van der Waals surface area contributed by atoms with E-state index in [1.807, 2.05) is 50.5 Å². The van der Waals surface area contributed by atoms with Crippen molar-refractivity contribution >= 4 is 5.91 Å². The Hall–Kier alpha value is -0.0836. The summed E-state index contributed by atoms with van der Waals surface area (Å²) in [6.07, 6.45) is 21.8. The van der Waals surface area contributed by atoms with E-state index >= 15 is 0 Å². The zero-order valence-electron chi connectivity index (χ0n) is 22.3. The molecule has 1 aromatic heterocycles. The van der Waals surface area contributed by atoms with E-state index in [2.05, 4.69) is 12.2 Å². The van der Waals surface area contributed by atoms with Gasteiger partial charge >= 0.3 is 51.4 Å². The predicted octanol–water partition coefficient (Wildman–Crippen LogP) is 1.87. The molecular formula is C28H48KN2O3+. The van der Waals surface area contributed by atoms with E-state index in [4.69, 9.17) is 4.74 Å². The van der Waals surface area contributed by atoms with E-state index < -0.39 is 12.1 Å². The minimum Gasteiger partial charge on any atom is -0.847 e. The molecule has 1 heterocycles. The molecule has 0 aliphatic rings. The van der Waals surface area contributed by atoms with Crippen molar-refractivity contribution in [3.05, 3.63) is 42.7 Å². The summed E-state index contributed by atoms with van der Waals surface area (Å²) in [5.74, 6) is -0.178. The SMILES string of the molecule is CCCCCCCCCCCCC/C=C/[C@H]([O-])[C@H](COC(C)C)NC(=O)C[n+]1ccccc1.[K+]. The van der Waals surface area contributed by atoms with Crippen LogP contribution in [0.1, 0.15) is 97.8 Å². The van der Waals surface area contributed by atoms with Gasteiger partial charge < -0.3 is 15.2 Å². The van der Waals surface area contributed by atoms with E-state index in [1.54, 1.807) is 10.6 Å². The van der Waals surface area contributed by atoms with Gasteiger partial charge in [0.25, 0.3) is 5.91 Å². The minimum atomic E-state index is -1.01. The van der Waals surface area contributed by atoms with Gasteiger partial charge in [-0.05, 0) is 26.7 Å². The van der Waals surface area contributed by atoms with Crippen molar-refractivity contribution in [2.75, 3.05) is 6.61 Å². The second-order valence-electron chi connectivity index (χ2n) is 9.32. The Kier molecular flexibility index (Phi) is 23.3. The number of nitrogens with zero attached hydrogens (tertiary/aromatic N) is 1. The van der Waals surface area contributed by atoms with E-state index in [0.717, 1.165) is 12.8 Å². The van der Waals surface area contributed by atoms with Crippen molar-refractivity contribution in [2.45, 2.75) is 123 Å². The molecule has 0 fully saturated rings. The summed E-state index contributed by atoms with van der Waals surface area (Å²) in [6, 6.07) is 5.08. The van der Waals surface area contributed by atoms with E-state index in [9.17, 15) is 9.90 Å².